The minimum atomic E-state index is -1.22. The summed E-state index contributed by atoms with van der Waals surface area (Å²) < 4.78 is 10.6. The zero-order chi connectivity index (χ0) is 19.2. The second kappa shape index (κ2) is 8.19. The monoisotopic (exact) mass is 362 g/mol. The number of hydrogen-bond donors (Lipinski definition) is 1. The fraction of sp³-hybridized carbons (Fsp3) is 0.0909. The van der Waals surface area contributed by atoms with Crippen LogP contribution >= 0.6 is 0 Å². The van der Waals surface area contributed by atoms with Crippen LogP contribution in [0.1, 0.15) is 26.3 Å². The molecular formula is C22H18O5. The second-order valence-corrected chi connectivity index (χ2v) is 5.83. The van der Waals surface area contributed by atoms with Gasteiger partial charge >= 0.3 is 11.9 Å². The minimum Gasteiger partial charge on any atom is -0.489 e. The summed E-state index contributed by atoms with van der Waals surface area (Å²) in [5.41, 5.74) is 1.94. The Morgan fingerprint density at radius 2 is 1.56 bits per heavy atom. The van der Waals surface area contributed by atoms with Gasteiger partial charge in [-0.15, -0.1) is 0 Å². The quantitative estimate of drug-likeness (QED) is 0.657. The van der Waals surface area contributed by atoms with Gasteiger partial charge in [0.2, 0.25) is 0 Å². The van der Waals surface area contributed by atoms with E-state index in [9.17, 15) is 14.7 Å². The molecule has 0 atom stereocenters. The van der Waals surface area contributed by atoms with Gasteiger partial charge in [-0.25, -0.2) is 9.59 Å². The van der Waals surface area contributed by atoms with E-state index in [1.807, 2.05) is 48.5 Å². The molecule has 3 rings (SSSR count). The first-order valence-electron chi connectivity index (χ1n) is 8.32. The maximum absolute atomic E-state index is 12.3. The van der Waals surface area contributed by atoms with Crippen molar-refractivity contribution in [2.75, 3.05) is 7.11 Å². The van der Waals surface area contributed by atoms with Crippen molar-refractivity contribution >= 4 is 11.9 Å². The van der Waals surface area contributed by atoms with Crippen molar-refractivity contribution in [3.63, 3.8) is 0 Å². The average molecular weight is 362 g/mol. The highest BCUT2D eigenvalue weighted by Gasteiger charge is 2.24. The number of carboxylic acids is 1. The highest BCUT2D eigenvalue weighted by atomic mass is 16.5. The standard InChI is InChI=1S/C22H18O5/c1-26-22(25)20-18(16-10-6-3-7-11-16)12-17(13-19(20)21(23)24)27-14-15-8-4-2-5-9-15/h2-13H,14H2,1H3,(H,23,24). The van der Waals surface area contributed by atoms with Crippen LogP contribution in [0.3, 0.4) is 0 Å². The first-order valence-corrected chi connectivity index (χ1v) is 8.32. The molecule has 0 radical (unpaired) electrons. The lowest BCUT2D eigenvalue weighted by Gasteiger charge is -2.15. The van der Waals surface area contributed by atoms with E-state index in [0.717, 1.165) is 5.56 Å². The maximum Gasteiger partial charge on any atom is 0.339 e. The summed E-state index contributed by atoms with van der Waals surface area (Å²) in [5, 5.41) is 9.63. The largest absolute Gasteiger partial charge is 0.489 e. The van der Waals surface area contributed by atoms with Crippen LogP contribution in [-0.4, -0.2) is 24.2 Å². The van der Waals surface area contributed by atoms with E-state index >= 15 is 0 Å². The number of esters is 1. The molecule has 0 amide bonds. The number of benzene rings is 3. The molecule has 0 bridgehead atoms. The van der Waals surface area contributed by atoms with Crippen molar-refractivity contribution in [1.82, 2.24) is 0 Å². The molecule has 0 heterocycles. The highest BCUT2D eigenvalue weighted by molar-refractivity contribution is 6.07. The van der Waals surface area contributed by atoms with E-state index < -0.39 is 11.9 Å². The molecule has 136 valence electrons. The van der Waals surface area contributed by atoms with Gasteiger partial charge in [0, 0.05) is 5.56 Å². The molecule has 0 spiro atoms. The predicted octanol–water partition coefficient (Wildman–Crippen LogP) is 4.42. The summed E-state index contributed by atoms with van der Waals surface area (Å²) in [7, 11) is 1.22. The smallest absolute Gasteiger partial charge is 0.339 e. The molecule has 0 fully saturated rings. The summed E-state index contributed by atoms with van der Waals surface area (Å²) in [6.07, 6.45) is 0. The van der Waals surface area contributed by atoms with Gasteiger partial charge in [-0.3, -0.25) is 0 Å². The molecule has 0 unspecified atom stereocenters. The molecule has 0 aliphatic rings. The van der Waals surface area contributed by atoms with Gasteiger partial charge in [0.25, 0.3) is 0 Å². The third-order valence-electron chi connectivity index (χ3n) is 4.06. The lowest BCUT2D eigenvalue weighted by atomic mass is 9.94. The van der Waals surface area contributed by atoms with E-state index in [2.05, 4.69) is 0 Å². The van der Waals surface area contributed by atoms with E-state index in [-0.39, 0.29) is 17.7 Å². The number of ether oxygens (including phenoxy) is 2. The van der Waals surface area contributed by atoms with Crippen LogP contribution in [-0.2, 0) is 11.3 Å². The third kappa shape index (κ3) is 4.15. The van der Waals surface area contributed by atoms with E-state index in [1.165, 1.54) is 13.2 Å². The minimum absolute atomic E-state index is 0.00302. The van der Waals surface area contributed by atoms with Crippen LogP contribution < -0.4 is 4.74 Å². The summed E-state index contributed by atoms with van der Waals surface area (Å²) in [4.78, 5) is 24.1. The highest BCUT2D eigenvalue weighted by Crippen LogP contribution is 2.32. The molecule has 3 aromatic rings. The fourth-order valence-electron chi connectivity index (χ4n) is 2.78. The van der Waals surface area contributed by atoms with Gasteiger partial charge in [-0.2, -0.15) is 0 Å². The van der Waals surface area contributed by atoms with E-state index in [4.69, 9.17) is 9.47 Å². The molecule has 0 aromatic heterocycles. The number of aromatic carboxylic acids is 1. The summed E-state index contributed by atoms with van der Waals surface area (Å²) >= 11 is 0. The Hall–Kier alpha value is -3.60. The van der Waals surface area contributed by atoms with Crippen LogP contribution in [0.4, 0.5) is 0 Å². The Morgan fingerprint density at radius 1 is 0.926 bits per heavy atom. The Labute approximate surface area is 156 Å². The number of methoxy groups -OCH3 is 1. The molecule has 0 aliphatic carbocycles. The number of carbonyl (C=O) groups excluding carboxylic acids is 1. The van der Waals surface area contributed by atoms with E-state index in [1.54, 1.807) is 18.2 Å². The normalized spacial score (nSPS) is 10.3. The van der Waals surface area contributed by atoms with Gasteiger partial charge in [0.05, 0.1) is 18.2 Å². The van der Waals surface area contributed by atoms with Gasteiger partial charge in [-0.05, 0) is 23.3 Å². The van der Waals surface area contributed by atoms with Crippen LogP contribution in [0.2, 0.25) is 0 Å². The van der Waals surface area contributed by atoms with Crippen LogP contribution in [0.15, 0.2) is 72.8 Å². The van der Waals surface area contributed by atoms with Gasteiger partial charge in [0.1, 0.15) is 12.4 Å². The molecule has 3 aromatic carbocycles. The Kier molecular flexibility index (Phi) is 5.52. The maximum atomic E-state index is 12.3. The first kappa shape index (κ1) is 18.2. The van der Waals surface area contributed by atoms with Gasteiger partial charge < -0.3 is 14.6 Å². The first-order chi connectivity index (χ1) is 13.1. The van der Waals surface area contributed by atoms with Gasteiger partial charge in [-0.1, -0.05) is 60.7 Å². The van der Waals surface area contributed by atoms with E-state index in [0.29, 0.717) is 16.9 Å². The number of carboxylic acid groups (broad SMARTS) is 1. The molecule has 0 aliphatic heterocycles. The molecule has 0 saturated carbocycles. The molecule has 0 saturated heterocycles. The summed E-state index contributed by atoms with van der Waals surface area (Å²) in [5.74, 6) is -1.57. The van der Waals surface area contributed by atoms with Crippen LogP contribution in [0.5, 0.6) is 5.75 Å². The fourth-order valence-corrected chi connectivity index (χ4v) is 2.78. The molecule has 5 heteroatoms. The third-order valence-corrected chi connectivity index (χ3v) is 4.06. The predicted molar refractivity (Wildman–Crippen MR) is 101 cm³/mol. The summed E-state index contributed by atoms with van der Waals surface area (Å²) in [6, 6.07) is 21.6. The van der Waals surface area contributed by atoms with Crippen LogP contribution in [0.25, 0.3) is 11.1 Å². The average Bonchev–Trinajstić information content (AvgIpc) is 2.72. The molecular weight excluding hydrogens is 344 g/mol. The summed E-state index contributed by atoms with van der Waals surface area (Å²) in [6.45, 7) is 0.283. The van der Waals surface area contributed by atoms with Crippen molar-refractivity contribution in [2.24, 2.45) is 0 Å². The number of hydrogen-bond acceptors (Lipinski definition) is 4. The molecule has 1 N–H and O–H groups in total. The lowest BCUT2D eigenvalue weighted by molar-refractivity contribution is 0.0583. The Morgan fingerprint density at radius 3 is 2.15 bits per heavy atom. The lowest BCUT2D eigenvalue weighted by Crippen LogP contribution is -2.12. The number of rotatable bonds is 6. The van der Waals surface area contributed by atoms with Crippen LogP contribution in [0, 0.1) is 0 Å². The zero-order valence-electron chi connectivity index (χ0n) is 14.7. The van der Waals surface area contributed by atoms with Crippen molar-refractivity contribution in [3.8, 4) is 16.9 Å². The second-order valence-electron chi connectivity index (χ2n) is 5.83. The topological polar surface area (TPSA) is 72.8 Å². The molecule has 27 heavy (non-hydrogen) atoms. The van der Waals surface area contributed by atoms with Crippen molar-refractivity contribution in [3.05, 3.63) is 89.5 Å². The Bertz CT molecular complexity index is 949. The SMILES string of the molecule is COC(=O)c1c(C(=O)O)cc(OCc2ccccc2)cc1-c1ccccc1. The van der Waals surface area contributed by atoms with Crippen molar-refractivity contribution in [1.29, 1.82) is 0 Å². The number of carbonyl (C=O) groups is 2. The van der Waals surface area contributed by atoms with Crippen molar-refractivity contribution in [2.45, 2.75) is 6.61 Å². The van der Waals surface area contributed by atoms with Crippen molar-refractivity contribution < 1.29 is 24.2 Å². The molecule has 5 nitrogen and oxygen atoms in total. The van der Waals surface area contributed by atoms with Gasteiger partial charge in [0.15, 0.2) is 0 Å². The zero-order valence-corrected chi connectivity index (χ0v) is 14.7. The Balaban J connectivity index is 2.09.